The Labute approximate surface area is 244 Å². The lowest BCUT2D eigenvalue weighted by Gasteiger charge is -2.34. The van der Waals surface area contributed by atoms with Crippen molar-refractivity contribution in [3.63, 3.8) is 0 Å². The zero-order valence-corrected chi connectivity index (χ0v) is 24.0. The Balaban J connectivity index is 1.24. The van der Waals surface area contributed by atoms with Crippen molar-refractivity contribution < 1.29 is 23.9 Å². The van der Waals surface area contributed by atoms with Gasteiger partial charge in [-0.15, -0.1) is 0 Å². The molecule has 4 heterocycles. The smallest absolute Gasteiger partial charge is 0.246 e. The maximum Gasteiger partial charge on any atom is 0.246 e. The monoisotopic (exact) mass is 590 g/mol. The van der Waals surface area contributed by atoms with Crippen LogP contribution in [0.15, 0.2) is 30.4 Å². The summed E-state index contributed by atoms with van der Waals surface area (Å²) in [6.07, 6.45) is 9.05. The third-order valence-electron chi connectivity index (χ3n) is 9.04. The summed E-state index contributed by atoms with van der Waals surface area (Å²) in [6.45, 7) is 4.35. The molecule has 1 aliphatic carbocycles. The molecule has 0 radical (unpaired) electrons. The zero-order chi connectivity index (χ0) is 27.9. The highest BCUT2D eigenvalue weighted by atomic mass is 35.5. The number of nitrogens with one attached hydrogen (secondary N) is 2. The van der Waals surface area contributed by atoms with E-state index < -0.39 is 29.6 Å². The van der Waals surface area contributed by atoms with Crippen molar-refractivity contribution >= 4 is 46.6 Å². The van der Waals surface area contributed by atoms with Gasteiger partial charge in [0.05, 0.1) is 41.2 Å². The number of likely N-dealkylation sites (tertiary alicyclic amines) is 1. The number of ether oxygens (including phenoxy) is 2. The van der Waals surface area contributed by atoms with Gasteiger partial charge in [0, 0.05) is 37.9 Å². The van der Waals surface area contributed by atoms with Crippen molar-refractivity contribution in [2.45, 2.75) is 62.3 Å². The van der Waals surface area contributed by atoms with E-state index in [0.717, 1.165) is 51.7 Å². The number of rotatable bonds is 8. The van der Waals surface area contributed by atoms with E-state index in [4.69, 9.17) is 32.7 Å². The van der Waals surface area contributed by atoms with Crippen LogP contribution >= 0.6 is 23.2 Å². The van der Waals surface area contributed by atoms with Crippen LogP contribution in [-0.2, 0) is 23.9 Å². The molecular weight excluding hydrogens is 555 g/mol. The summed E-state index contributed by atoms with van der Waals surface area (Å²) in [5.41, 5.74) is -0.682. The molecule has 4 fully saturated rings. The number of fused-ring (bicyclic) bond motifs is 1. The fourth-order valence-electron chi connectivity index (χ4n) is 7.12. The summed E-state index contributed by atoms with van der Waals surface area (Å²) in [6, 6.07) is 4.14. The van der Waals surface area contributed by atoms with Crippen molar-refractivity contribution in [3.05, 3.63) is 40.4 Å². The number of carbonyl (C=O) groups is 3. The summed E-state index contributed by atoms with van der Waals surface area (Å²) in [7, 11) is 0. The van der Waals surface area contributed by atoms with Crippen LogP contribution in [-0.4, -0.2) is 90.7 Å². The summed E-state index contributed by atoms with van der Waals surface area (Å²) in [5, 5.41) is 6.83. The number of hydrogen-bond donors (Lipinski definition) is 2. The number of benzene rings is 1. The van der Waals surface area contributed by atoms with Gasteiger partial charge in [0.25, 0.3) is 0 Å². The molecule has 216 valence electrons. The molecule has 3 saturated heterocycles. The van der Waals surface area contributed by atoms with Crippen LogP contribution in [0.1, 0.15) is 38.5 Å². The molecule has 11 heteroatoms. The predicted octanol–water partition coefficient (Wildman–Crippen LogP) is 3.25. The lowest BCUT2D eigenvalue weighted by molar-refractivity contribution is -0.141. The number of halogens is 2. The number of carbonyl (C=O) groups excluding carboxylic acids is 3. The van der Waals surface area contributed by atoms with Crippen LogP contribution in [0.4, 0.5) is 5.69 Å². The molecule has 0 aromatic heterocycles. The predicted molar refractivity (Wildman–Crippen MR) is 151 cm³/mol. The van der Waals surface area contributed by atoms with E-state index in [9.17, 15) is 14.4 Å². The van der Waals surface area contributed by atoms with E-state index in [0.29, 0.717) is 35.5 Å². The van der Waals surface area contributed by atoms with Gasteiger partial charge in [0.1, 0.15) is 11.6 Å². The zero-order valence-electron chi connectivity index (χ0n) is 22.5. The third kappa shape index (κ3) is 5.15. The Morgan fingerprint density at radius 2 is 1.80 bits per heavy atom. The molecule has 9 nitrogen and oxygen atoms in total. The Kier molecular flexibility index (Phi) is 8.12. The van der Waals surface area contributed by atoms with Gasteiger partial charge in [0.15, 0.2) is 0 Å². The molecule has 2 N–H and O–H groups in total. The first-order chi connectivity index (χ1) is 19.4. The first kappa shape index (κ1) is 28.0. The molecule has 5 aliphatic rings. The van der Waals surface area contributed by atoms with Gasteiger partial charge in [-0.1, -0.05) is 54.6 Å². The van der Waals surface area contributed by atoms with Gasteiger partial charge < -0.3 is 25.0 Å². The molecule has 6 rings (SSSR count). The van der Waals surface area contributed by atoms with Crippen LogP contribution in [0.3, 0.4) is 0 Å². The van der Waals surface area contributed by atoms with Crippen molar-refractivity contribution in [3.8, 4) is 0 Å². The van der Waals surface area contributed by atoms with Crippen LogP contribution in [0, 0.1) is 11.8 Å². The average molecular weight is 592 g/mol. The fourth-order valence-corrected chi connectivity index (χ4v) is 7.42. The number of nitrogens with zero attached hydrogens (tertiary/aromatic N) is 2. The molecule has 40 heavy (non-hydrogen) atoms. The average Bonchev–Trinajstić information content (AvgIpc) is 3.59. The third-order valence-corrected chi connectivity index (χ3v) is 9.78. The van der Waals surface area contributed by atoms with Gasteiger partial charge in [-0.25, -0.2) is 0 Å². The maximum atomic E-state index is 14.1. The topological polar surface area (TPSA) is 100 Å². The quantitative estimate of drug-likeness (QED) is 0.451. The molecule has 1 spiro atoms. The van der Waals surface area contributed by atoms with Crippen molar-refractivity contribution in [1.82, 2.24) is 15.1 Å². The highest BCUT2D eigenvalue weighted by Crippen LogP contribution is 2.55. The van der Waals surface area contributed by atoms with E-state index in [-0.39, 0.29) is 23.8 Å². The Hall–Kier alpha value is -2.17. The first-order valence-corrected chi connectivity index (χ1v) is 15.2. The molecule has 2 bridgehead atoms. The minimum atomic E-state index is -1.17. The Morgan fingerprint density at radius 1 is 1.02 bits per heavy atom. The number of anilines is 1. The Morgan fingerprint density at radius 3 is 2.55 bits per heavy atom. The summed E-state index contributed by atoms with van der Waals surface area (Å²) in [5.74, 6) is -2.27. The summed E-state index contributed by atoms with van der Waals surface area (Å²) < 4.78 is 11.9. The van der Waals surface area contributed by atoms with E-state index in [1.807, 2.05) is 12.2 Å². The molecule has 1 aromatic carbocycles. The molecule has 3 amide bonds. The van der Waals surface area contributed by atoms with Crippen molar-refractivity contribution in [2.75, 3.05) is 44.7 Å². The van der Waals surface area contributed by atoms with Crippen LogP contribution < -0.4 is 10.6 Å². The summed E-state index contributed by atoms with van der Waals surface area (Å²) >= 11 is 12.2. The lowest BCUT2D eigenvalue weighted by atomic mass is 9.74. The molecule has 1 aromatic rings. The lowest BCUT2D eigenvalue weighted by Crippen LogP contribution is -2.56. The maximum absolute atomic E-state index is 14.1. The highest BCUT2D eigenvalue weighted by Gasteiger charge is 2.72. The largest absolute Gasteiger partial charge is 0.379 e. The van der Waals surface area contributed by atoms with E-state index >= 15 is 0 Å². The number of hydrogen-bond acceptors (Lipinski definition) is 6. The second-order valence-corrected chi connectivity index (χ2v) is 12.3. The second kappa shape index (κ2) is 11.6. The fraction of sp³-hybridized carbons (Fsp3) is 0.621. The van der Waals surface area contributed by atoms with Crippen LogP contribution in [0.2, 0.25) is 10.0 Å². The molecule has 5 unspecified atom stereocenters. The van der Waals surface area contributed by atoms with Crippen molar-refractivity contribution in [2.24, 2.45) is 11.8 Å². The first-order valence-electron chi connectivity index (χ1n) is 14.4. The van der Waals surface area contributed by atoms with Gasteiger partial charge in [-0.2, -0.15) is 0 Å². The molecule has 5 atom stereocenters. The summed E-state index contributed by atoms with van der Waals surface area (Å²) in [4.78, 5) is 45.6. The highest BCUT2D eigenvalue weighted by molar-refractivity contribution is 6.42. The Bertz CT molecular complexity index is 1180. The minimum Gasteiger partial charge on any atom is -0.379 e. The molecule has 4 aliphatic heterocycles. The van der Waals surface area contributed by atoms with Gasteiger partial charge in [-0.05, 0) is 37.5 Å². The van der Waals surface area contributed by atoms with Gasteiger partial charge in [-0.3, -0.25) is 19.3 Å². The molecular formula is C29H36Cl2N4O5. The van der Waals surface area contributed by atoms with E-state index in [1.165, 1.54) is 6.42 Å². The van der Waals surface area contributed by atoms with E-state index in [2.05, 4.69) is 15.5 Å². The standard InChI is InChI=1S/C29H36Cl2N4O5/c30-20-8-7-19(17-21(20)31)33-26(36)23-22-9-10-29(40-22)24(23)28(38)35(12-4-11-34-13-15-39-16-14-34)25(29)27(37)32-18-5-2-1-3-6-18/h7-10,17-18,22-25H,1-6,11-16H2,(H,32,37)(H,33,36). The molecule has 1 saturated carbocycles. The minimum absolute atomic E-state index is 0.0957. The van der Waals surface area contributed by atoms with Gasteiger partial charge in [0.2, 0.25) is 17.7 Å². The second-order valence-electron chi connectivity index (χ2n) is 11.5. The SMILES string of the molecule is O=C(Nc1ccc(Cl)c(Cl)c1)C1C2C=CC3(O2)C1C(=O)N(CCCN1CCOCC1)C3C(=O)NC1CCCCC1. The van der Waals surface area contributed by atoms with Crippen LogP contribution in [0.25, 0.3) is 0 Å². The van der Waals surface area contributed by atoms with Crippen LogP contribution in [0.5, 0.6) is 0 Å². The normalized spacial score (nSPS) is 31.9. The number of morpholine rings is 1. The van der Waals surface area contributed by atoms with Crippen molar-refractivity contribution in [1.29, 1.82) is 0 Å². The number of amides is 3. The van der Waals surface area contributed by atoms with E-state index in [1.54, 1.807) is 23.1 Å². The van der Waals surface area contributed by atoms with Gasteiger partial charge >= 0.3 is 0 Å².